The zero-order chi connectivity index (χ0) is 11.7. The zero-order valence-electron chi connectivity index (χ0n) is 10.7. The highest BCUT2D eigenvalue weighted by Gasteiger charge is 2.30. The average Bonchev–Trinajstić information content (AvgIpc) is 3.01. The molecule has 90 valence electrons. The lowest BCUT2D eigenvalue weighted by Gasteiger charge is -2.11. The molecule has 1 fully saturated rings. The van der Waals surface area contributed by atoms with E-state index in [-0.39, 0.29) is 0 Å². The van der Waals surface area contributed by atoms with Gasteiger partial charge in [0.15, 0.2) is 0 Å². The third-order valence-electron chi connectivity index (χ3n) is 3.28. The van der Waals surface area contributed by atoms with Gasteiger partial charge in [-0.1, -0.05) is 27.2 Å². The quantitative estimate of drug-likeness (QED) is 0.829. The van der Waals surface area contributed by atoms with E-state index in [1.807, 2.05) is 0 Å². The molecule has 0 spiro atoms. The molecule has 0 aromatic carbocycles. The van der Waals surface area contributed by atoms with Gasteiger partial charge in [-0.25, -0.2) is 4.98 Å². The van der Waals surface area contributed by atoms with Crippen LogP contribution in [0.4, 0.5) is 5.82 Å². The van der Waals surface area contributed by atoms with E-state index in [0.717, 1.165) is 12.4 Å². The third kappa shape index (κ3) is 2.08. The molecule has 1 aliphatic rings. The summed E-state index contributed by atoms with van der Waals surface area (Å²) in [4.78, 5) is 4.76. The van der Waals surface area contributed by atoms with Crippen molar-refractivity contribution in [3.63, 3.8) is 0 Å². The van der Waals surface area contributed by atoms with Gasteiger partial charge in [0.1, 0.15) is 11.6 Å². The number of aromatic nitrogens is 2. The molecule has 1 saturated carbocycles. The lowest BCUT2D eigenvalue weighted by atomic mass is 10.2. The van der Waals surface area contributed by atoms with Gasteiger partial charge < -0.3 is 10.3 Å². The highest BCUT2D eigenvalue weighted by molar-refractivity contribution is 5.43. The number of nitrogens with zero attached hydrogens (tertiary/aromatic N) is 2. The molecule has 0 bridgehead atoms. The van der Waals surface area contributed by atoms with E-state index in [2.05, 4.69) is 25.3 Å². The minimum absolute atomic E-state index is 0.464. The van der Waals surface area contributed by atoms with Crippen LogP contribution in [0.15, 0.2) is 0 Å². The molecule has 2 N–H and O–H groups in total. The van der Waals surface area contributed by atoms with Gasteiger partial charge in [-0.15, -0.1) is 0 Å². The van der Waals surface area contributed by atoms with Gasteiger partial charge in [0.2, 0.25) is 0 Å². The van der Waals surface area contributed by atoms with Crippen LogP contribution in [0.2, 0.25) is 0 Å². The van der Waals surface area contributed by atoms with Gasteiger partial charge in [0.05, 0.1) is 5.69 Å². The Labute approximate surface area is 98.1 Å². The Kier molecular flexibility index (Phi) is 3.22. The van der Waals surface area contributed by atoms with Crippen LogP contribution >= 0.6 is 0 Å². The summed E-state index contributed by atoms with van der Waals surface area (Å²) in [6, 6.07) is 0. The lowest BCUT2D eigenvalue weighted by Crippen LogP contribution is -2.08. The van der Waals surface area contributed by atoms with Crippen molar-refractivity contribution < 1.29 is 0 Å². The molecule has 3 nitrogen and oxygen atoms in total. The fourth-order valence-corrected chi connectivity index (χ4v) is 2.15. The Bertz CT molecular complexity index is 361. The molecule has 1 aliphatic carbocycles. The maximum atomic E-state index is 6.22. The van der Waals surface area contributed by atoms with Crippen molar-refractivity contribution >= 4 is 5.82 Å². The van der Waals surface area contributed by atoms with Crippen LogP contribution in [0, 0.1) is 0 Å². The molecule has 1 heterocycles. The molecular weight excluding hydrogens is 198 g/mol. The number of unbranched alkanes of at least 4 members (excludes halogenated alkanes) is 1. The summed E-state index contributed by atoms with van der Waals surface area (Å²) in [5.41, 5.74) is 7.39. The van der Waals surface area contributed by atoms with E-state index in [0.29, 0.717) is 11.8 Å². The van der Waals surface area contributed by atoms with Crippen molar-refractivity contribution in [2.75, 3.05) is 5.73 Å². The van der Waals surface area contributed by atoms with Gasteiger partial charge in [-0.3, -0.25) is 0 Å². The molecule has 2 rings (SSSR count). The van der Waals surface area contributed by atoms with Crippen LogP contribution in [-0.2, 0) is 6.54 Å². The molecule has 0 unspecified atom stereocenters. The van der Waals surface area contributed by atoms with E-state index < -0.39 is 0 Å². The first-order valence-corrected chi connectivity index (χ1v) is 6.50. The SMILES string of the molecule is CCCCn1c(C(C)C)nc(C2CC2)c1N. The number of hydrogen-bond acceptors (Lipinski definition) is 2. The van der Waals surface area contributed by atoms with Crippen molar-refractivity contribution in [1.82, 2.24) is 9.55 Å². The fourth-order valence-electron chi connectivity index (χ4n) is 2.15. The molecule has 3 heteroatoms. The maximum absolute atomic E-state index is 6.22. The first-order valence-electron chi connectivity index (χ1n) is 6.50. The van der Waals surface area contributed by atoms with Crippen molar-refractivity contribution in [3.05, 3.63) is 11.5 Å². The first-order chi connectivity index (χ1) is 7.65. The number of anilines is 1. The van der Waals surface area contributed by atoms with Crippen molar-refractivity contribution in [1.29, 1.82) is 0 Å². The van der Waals surface area contributed by atoms with Gasteiger partial charge in [0, 0.05) is 18.4 Å². The van der Waals surface area contributed by atoms with Gasteiger partial charge in [-0.2, -0.15) is 0 Å². The van der Waals surface area contributed by atoms with Crippen LogP contribution in [0.3, 0.4) is 0 Å². The summed E-state index contributed by atoms with van der Waals surface area (Å²) in [6.45, 7) is 7.63. The maximum Gasteiger partial charge on any atom is 0.127 e. The van der Waals surface area contributed by atoms with Crippen LogP contribution in [0.5, 0.6) is 0 Å². The summed E-state index contributed by atoms with van der Waals surface area (Å²) in [6.07, 6.45) is 4.93. The summed E-state index contributed by atoms with van der Waals surface area (Å²) in [5, 5.41) is 0. The second-order valence-electron chi connectivity index (χ2n) is 5.17. The molecule has 1 aromatic heterocycles. The minimum Gasteiger partial charge on any atom is -0.384 e. The number of hydrogen-bond donors (Lipinski definition) is 1. The normalized spacial score (nSPS) is 16.0. The van der Waals surface area contributed by atoms with Crippen LogP contribution < -0.4 is 5.73 Å². The fraction of sp³-hybridized carbons (Fsp3) is 0.769. The Balaban J connectivity index is 2.30. The van der Waals surface area contributed by atoms with E-state index in [4.69, 9.17) is 10.7 Å². The number of imidazole rings is 1. The molecular formula is C13H23N3. The second-order valence-corrected chi connectivity index (χ2v) is 5.17. The Morgan fingerprint density at radius 3 is 2.62 bits per heavy atom. The van der Waals surface area contributed by atoms with E-state index in [9.17, 15) is 0 Å². The molecule has 1 aromatic rings. The van der Waals surface area contributed by atoms with Crippen LogP contribution in [0.1, 0.15) is 69.8 Å². The topological polar surface area (TPSA) is 43.8 Å². The Morgan fingerprint density at radius 1 is 1.44 bits per heavy atom. The average molecular weight is 221 g/mol. The second kappa shape index (κ2) is 4.48. The summed E-state index contributed by atoms with van der Waals surface area (Å²) < 4.78 is 2.24. The number of nitrogens with two attached hydrogens (primary N) is 1. The standard InChI is InChI=1S/C13H23N3/c1-4-5-8-16-12(14)11(10-6-7-10)15-13(16)9(2)3/h9-10H,4-8,14H2,1-3H3. The molecule has 0 atom stereocenters. The molecule has 16 heavy (non-hydrogen) atoms. The smallest absolute Gasteiger partial charge is 0.127 e. The van der Waals surface area contributed by atoms with Crippen molar-refractivity contribution in [3.8, 4) is 0 Å². The summed E-state index contributed by atoms with van der Waals surface area (Å²) >= 11 is 0. The molecule has 0 aliphatic heterocycles. The van der Waals surface area contributed by atoms with Crippen LogP contribution in [-0.4, -0.2) is 9.55 Å². The van der Waals surface area contributed by atoms with Crippen molar-refractivity contribution in [2.24, 2.45) is 0 Å². The zero-order valence-corrected chi connectivity index (χ0v) is 10.7. The van der Waals surface area contributed by atoms with E-state index in [1.165, 1.54) is 37.2 Å². The first kappa shape index (κ1) is 11.5. The highest BCUT2D eigenvalue weighted by Crippen LogP contribution is 2.43. The van der Waals surface area contributed by atoms with Crippen LogP contribution in [0.25, 0.3) is 0 Å². The Morgan fingerprint density at radius 2 is 2.12 bits per heavy atom. The predicted octanol–water partition coefficient (Wildman–Crippen LogP) is 3.27. The van der Waals surface area contributed by atoms with Gasteiger partial charge in [0.25, 0.3) is 0 Å². The Hall–Kier alpha value is -0.990. The monoisotopic (exact) mass is 221 g/mol. The third-order valence-corrected chi connectivity index (χ3v) is 3.28. The predicted molar refractivity (Wildman–Crippen MR) is 67.6 cm³/mol. The molecule has 0 saturated heterocycles. The minimum atomic E-state index is 0.464. The van der Waals surface area contributed by atoms with Crippen molar-refractivity contribution in [2.45, 2.75) is 64.8 Å². The highest BCUT2D eigenvalue weighted by atomic mass is 15.1. The molecule has 0 radical (unpaired) electrons. The number of nitrogen functional groups attached to an aromatic ring is 1. The summed E-state index contributed by atoms with van der Waals surface area (Å²) in [5.74, 6) is 3.22. The summed E-state index contributed by atoms with van der Waals surface area (Å²) in [7, 11) is 0. The number of rotatable bonds is 5. The van der Waals surface area contributed by atoms with E-state index in [1.54, 1.807) is 0 Å². The van der Waals surface area contributed by atoms with E-state index >= 15 is 0 Å². The van der Waals surface area contributed by atoms with Gasteiger partial charge >= 0.3 is 0 Å². The molecule has 0 amide bonds. The van der Waals surface area contributed by atoms with Gasteiger partial charge in [-0.05, 0) is 19.3 Å². The lowest BCUT2D eigenvalue weighted by molar-refractivity contribution is 0.588. The largest absolute Gasteiger partial charge is 0.384 e.